The fourth-order valence-electron chi connectivity index (χ4n) is 0.799. The topological polar surface area (TPSA) is 33.5 Å². The second-order valence-corrected chi connectivity index (χ2v) is 2.52. The van der Waals surface area contributed by atoms with Gasteiger partial charge >= 0.3 is 0 Å². The van der Waals surface area contributed by atoms with Gasteiger partial charge in [-0.25, -0.2) is 0 Å². The van der Waals surface area contributed by atoms with Gasteiger partial charge in [-0.2, -0.15) is 0 Å². The molecule has 0 N–H and O–H groups in total. The van der Waals surface area contributed by atoms with Crippen molar-refractivity contribution in [3.05, 3.63) is 30.6 Å². The first kappa shape index (κ1) is 8.84. The zero-order chi connectivity index (χ0) is 9.14. The van der Waals surface area contributed by atoms with Crippen LogP contribution < -0.4 is 0 Å². The maximum absolute atomic E-state index is 11.4. The van der Waals surface area contributed by atoms with Gasteiger partial charge in [0.1, 0.15) is 5.76 Å². The van der Waals surface area contributed by atoms with Crippen molar-refractivity contribution >= 4 is 5.91 Å². The third kappa shape index (κ3) is 1.67. The molecule has 0 spiro atoms. The van der Waals surface area contributed by atoms with Crippen LogP contribution in [0.3, 0.4) is 0 Å². The maximum Gasteiger partial charge on any atom is 0.289 e. The van der Waals surface area contributed by atoms with Crippen LogP contribution in [0.15, 0.2) is 16.5 Å². The van der Waals surface area contributed by atoms with Gasteiger partial charge in [-0.1, -0.05) is 0 Å². The van der Waals surface area contributed by atoms with Gasteiger partial charge < -0.3 is 9.32 Å². The molecule has 0 aliphatic heterocycles. The van der Waals surface area contributed by atoms with E-state index >= 15 is 0 Å². The van der Waals surface area contributed by atoms with Crippen LogP contribution in [0.2, 0.25) is 0 Å². The summed E-state index contributed by atoms with van der Waals surface area (Å²) in [5.41, 5.74) is 0. The first-order valence-corrected chi connectivity index (χ1v) is 3.76. The van der Waals surface area contributed by atoms with E-state index in [2.05, 4.69) is 0 Å². The maximum atomic E-state index is 11.4. The summed E-state index contributed by atoms with van der Waals surface area (Å²) in [7, 11) is 1.71. The number of carbonyl (C=O) groups excluding carboxylic acids is 1. The lowest BCUT2D eigenvalue weighted by atomic mass is 10.4. The average Bonchev–Trinajstić information content (AvgIpc) is 2.49. The highest BCUT2D eigenvalue weighted by molar-refractivity contribution is 5.91. The molecule has 1 rings (SSSR count). The van der Waals surface area contributed by atoms with E-state index in [1.165, 1.54) is 0 Å². The molecular formula is C9H11NO2. The Balaban J connectivity index is 2.78. The quantitative estimate of drug-likeness (QED) is 0.664. The molecule has 3 heteroatoms. The predicted octanol–water partition coefficient (Wildman–Crippen LogP) is 1.43. The molecule has 64 valence electrons. The summed E-state index contributed by atoms with van der Waals surface area (Å²) >= 11 is 0. The number of carbonyl (C=O) groups is 1. The summed E-state index contributed by atoms with van der Waals surface area (Å²) in [6.45, 7) is 7.87. The van der Waals surface area contributed by atoms with Gasteiger partial charge in [0, 0.05) is 20.5 Å². The molecule has 1 aromatic rings. The number of hydrogen-bond acceptors (Lipinski definition) is 2. The Hall–Kier alpha value is -1.25. The average molecular weight is 165 g/mol. The molecule has 1 heterocycles. The minimum atomic E-state index is -0.144. The SMILES string of the molecule is [CH]c1ccc(C(=O)N(C)CC)o1. The second-order valence-electron chi connectivity index (χ2n) is 2.52. The predicted molar refractivity (Wildman–Crippen MR) is 44.7 cm³/mol. The zero-order valence-electron chi connectivity index (χ0n) is 7.20. The fourth-order valence-corrected chi connectivity index (χ4v) is 0.799. The molecule has 1 aromatic heterocycles. The summed E-state index contributed by atoms with van der Waals surface area (Å²) in [5.74, 6) is 0.411. The van der Waals surface area contributed by atoms with Crippen molar-refractivity contribution in [1.29, 1.82) is 0 Å². The molecule has 0 aliphatic carbocycles. The van der Waals surface area contributed by atoms with Gasteiger partial charge in [-0.15, -0.1) is 0 Å². The van der Waals surface area contributed by atoms with Crippen molar-refractivity contribution < 1.29 is 9.21 Å². The van der Waals surface area contributed by atoms with E-state index in [1.807, 2.05) is 6.92 Å². The van der Waals surface area contributed by atoms with E-state index < -0.39 is 0 Å². The van der Waals surface area contributed by atoms with Crippen LogP contribution in [-0.2, 0) is 0 Å². The fraction of sp³-hybridized carbons (Fsp3) is 0.333. The Bertz CT molecular complexity index is 278. The van der Waals surface area contributed by atoms with Gasteiger partial charge in [0.25, 0.3) is 5.91 Å². The second kappa shape index (κ2) is 3.43. The Morgan fingerprint density at radius 2 is 2.33 bits per heavy atom. The van der Waals surface area contributed by atoms with Crippen molar-refractivity contribution in [2.75, 3.05) is 13.6 Å². The molecule has 12 heavy (non-hydrogen) atoms. The van der Waals surface area contributed by atoms with E-state index in [1.54, 1.807) is 24.1 Å². The lowest BCUT2D eigenvalue weighted by molar-refractivity contribution is 0.0770. The lowest BCUT2D eigenvalue weighted by Crippen LogP contribution is -2.25. The number of hydrogen-bond donors (Lipinski definition) is 0. The minimum absolute atomic E-state index is 0.144. The highest BCUT2D eigenvalue weighted by atomic mass is 16.3. The van der Waals surface area contributed by atoms with Gasteiger partial charge in [0.2, 0.25) is 0 Å². The molecule has 0 aromatic carbocycles. The number of nitrogens with zero attached hydrogens (tertiary/aromatic N) is 1. The number of rotatable bonds is 2. The smallest absolute Gasteiger partial charge is 0.289 e. The first-order chi connectivity index (χ1) is 5.65. The standard InChI is InChI=1S/C9H11NO2/c1-4-10(3)9(11)8-6-5-7(2)12-8/h2,5-6H,4H2,1,3H3. The molecule has 3 nitrogen and oxygen atoms in total. The third-order valence-electron chi connectivity index (χ3n) is 1.66. The third-order valence-corrected chi connectivity index (χ3v) is 1.66. The molecule has 0 saturated heterocycles. The highest BCUT2D eigenvalue weighted by Crippen LogP contribution is 2.08. The van der Waals surface area contributed by atoms with Gasteiger partial charge in [-0.3, -0.25) is 4.79 Å². The molecule has 2 radical (unpaired) electrons. The largest absolute Gasteiger partial charge is 0.456 e. The van der Waals surface area contributed by atoms with Gasteiger partial charge in [-0.05, 0) is 19.1 Å². The summed E-state index contributed by atoms with van der Waals surface area (Å²) in [5, 5.41) is 0. The van der Waals surface area contributed by atoms with E-state index in [0.717, 1.165) is 0 Å². The van der Waals surface area contributed by atoms with Crippen molar-refractivity contribution in [1.82, 2.24) is 4.90 Å². The van der Waals surface area contributed by atoms with E-state index in [9.17, 15) is 4.79 Å². The summed E-state index contributed by atoms with van der Waals surface area (Å²) < 4.78 is 4.95. The Labute approximate surface area is 72.0 Å². The van der Waals surface area contributed by atoms with Crippen LogP contribution in [0.1, 0.15) is 23.2 Å². The first-order valence-electron chi connectivity index (χ1n) is 3.76. The van der Waals surface area contributed by atoms with E-state index in [4.69, 9.17) is 11.3 Å². The molecule has 1 amide bonds. The number of amides is 1. The summed E-state index contributed by atoms with van der Waals surface area (Å²) in [4.78, 5) is 12.9. The Morgan fingerprint density at radius 3 is 2.75 bits per heavy atom. The van der Waals surface area contributed by atoms with Crippen LogP contribution in [0, 0.1) is 6.92 Å². The molecule has 0 saturated carbocycles. The van der Waals surface area contributed by atoms with Gasteiger partial charge in [0.15, 0.2) is 5.76 Å². The van der Waals surface area contributed by atoms with Crippen LogP contribution in [-0.4, -0.2) is 24.4 Å². The van der Waals surface area contributed by atoms with Crippen LogP contribution in [0.5, 0.6) is 0 Å². The van der Waals surface area contributed by atoms with Gasteiger partial charge in [0.05, 0.1) is 0 Å². The van der Waals surface area contributed by atoms with Crippen molar-refractivity contribution in [2.45, 2.75) is 6.92 Å². The van der Waals surface area contributed by atoms with Crippen LogP contribution >= 0.6 is 0 Å². The molecule has 0 fully saturated rings. The molecular weight excluding hydrogens is 154 g/mol. The minimum Gasteiger partial charge on any atom is -0.456 e. The van der Waals surface area contributed by atoms with Crippen molar-refractivity contribution in [3.63, 3.8) is 0 Å². The lowest BCUT2D eigenvalue weighted by Gasteiger charge is -2.11. The molecule has 0 bridgehead atoms. The van der Waals surface area contributed by atoms with E-state index in [0.29, 0.717) is 6.54 Å². The molecule has 0 atom stereocenters. The summed E-state index contributed by atoms with van der Waals surface area (Å²) in [6.07, 6.45) is 0. The normalized spacial score (nSPS) is 9.92. The zero-order valence-corrected chi connectivity index (χ0v) is 7.20. The van der Waals surface area contributed by atoms with E-state index in [-0.39, 0.29) is 17.4 Å². The summed E-state index contributed by atoms with van der Waals surface area (Å²) in [6, 6.07) is 3.14. The molecule has 0 unspecified atom stereocenters. The molecule has 0 aliphatic rings. The Morgan fingerprint density at radius 1 is 1.67 bits per heavy atom. The highest BCUT2D eigenvalue weighted by Gasteiger charge is 2.12. The monoisotopic (exact) mass is 165 g/mol. The Kier molecular flexibility index (Phi) is 2.53. The van der Waals surface area contributed by atoms with Crippen molar-refractivity contribution in [2.24, 2.45) is 0 Å². The van der Waals surface area contributed by atoms with Crippen molar-refractivity contribution in [3.8, 4) is 0 Å². The van der Waals surface area contributed by atoms with Crippen LogP contribution in [0.25, 0.3) is 0 Å². The number of furan rings is 1. The van der Waals surface area contributed by atoms with Crippen LogP contribution in [0.4, 0.5) is 0 Å².